The van der Waals surface area contributed by atoms with Crippen LogP contribution in [0.3, 0.4) is 0 Å². The first-order valence-corrected chi connectivity index (χ1v) is 11.0. The predicted molar refractivity (Wildman–Crippen MR) is 126 cm³/mol. The zero-order valence-electron chi connectivity index (χ0n) is 18.6. The molecule has 8 heteroatoms. The minimum absolute atomic E-state index is 0.0779. The summed E-state index contributed by atoms with van der Waals surface area (Å²) in [5.41, 5.74) is 2.27. The molecule has 0 atom stereocenters. The SMILES string of the molecule is COc1ccc(-c2ccco2)c2[nH]cc(C(=O)C(=O)N3CCN(C(=O)c4ccccc4)CC3)c12. The van der Waals surface area contributed by atoms with Gasteiger partial charge in [-0.25, -0.2) is 0 Å². The first-order valence-electron chi connectivity index (χ1n) is 11.0. The third kappa shape index (κ3) is 3.73. The van der Waals surface area contributed by atoms with Crippen molar-refractivity contribution in [3.63, 3.8) is 0 Å². The second kappa shape index (κ2) is 8.90. The summed E-state index contributed by atoms with van der Waals surface area (Å²) in [7, 11) is 1.52. The molecule has 8 nitrogen and oxygen atoms in total. The number of fused-ring (bicyclic) bond motifs is 1. The molecule has 1 aliphatic heterocycles. The number of Topliss-reactive ketones (excluding diaryl/α,β-unsaturated/α-hetero) is 1. The Labute approximate surface area is 195 Å². The first-order chi connectivity index (χ1) is 16.6. The summed E-state index contributed by atoms with van der Waals surface area (Å²) in [5.74, 6) is -0.173. The van der Waals surface area contributed by atoms with Gasteiger partial charge in [0.1, 0.15) is 11.5 Å². The van der Waals surface area contributed by atoms with Crippen molar-refractivity contribution in [3.8, 4) is 17.1 Å². The lowest BCUT2D eigenvalue weighted by Crippen LogP contribution is -2.52. The Kier molecular flexibility index (Phi) is 5.63. The number of methoxy groups -OCH3 is 1. The van der Waals surface area contributed by atoms with Crippen molar-refractivity contribution in [2.75, 3.05) is 33.3 Å². The van der Waals surface area contributed by atoms with Crippen molar-refractivity contribution in [2.45, 2.75) is 0 Å². The van der Waals surface area contributed by atoms with Gasteiger partial charge in [-0.2, -0.15) is 0 Å². The molecule has 0 aliphatic carbocycles. The highest BCUT2D eigenvalue weighted by Gasteiger charge is 2.31. The van der Waals surface area contributed by atoms with E-state index in [0.717, 1.165) is 5.56 Å². The number of carbonyl (C=O) groups excluding carboxylic acids is 3. The maximum atomic E-state index is 13.3. The van der Waals surface area contributed by atoms with Crippen molar-refractivity contribution in [2.24, 2.45) is 0 Å². The van der Waals surface area contributed by atoms with E-state index < -0.39 is 11.7 Å². The lowest BCUT2D eigenvalue weighted by molar-refractivity contribution is -0.127. The smallest absolute Gasteiger partial charge is 0.295 e. The van der Waals surface area contributed by atoms with Gasteiger partial charge in [-0.05, 0) is 36.4 Å². The van der Waals surface area contributed by atoms with Crippen molar-refractivity contribution >= 4 is 28.5 Å². The fourth-order valence-electron chi connectivity index (χ4n) is 4.34. The number of ketones is 1. The van der Waals surface area contributed by atoms with Gasteiger partial charge in [0, 0.05) is 43.5 Å². The molecule has 5 rings (SSSR count). The molecule has 1 fully saturated rings. The lowest BCUT2D eigenvalue weighted by Gasteiger charge is -2.34. The number of H-pyrrole nitrogens is 1. The summed E-state index contributed by atoms with van der Waals surface area (Å²) in [6.45, 7) is 1.32. The van der Waals surface area contributed by atoms with E-state index in [4.69, 9.17) is 9.15 Å². The van der Waals surface area contributed by atoms with Gasteiger partial charge in [0.25, 0.3) is 17.6 Å². The molecule has 2 amide bonds. The van der Waals surface area contributed by atoms with E-state index in [1.165, 1.54) is 18.2 Å². The van der Waals surface area contributed by atoms with Crippen LogP contribution in [0.5, 0.6) is 5.75 Å². The Bertz CT molecular complexity index is 1350. The number of hydrogen-bond acceptors (Lipinski definition) is 5. The van der Waals surface area contributed by atoms with Crippen LogP contribution in [-0.4, -0.2) is 65.7 Å². The highest BCUT2D eigenvalue weighted by Crippen LogP contribution is 2.36. The molecule has 3 heterocycles. The molecule has 4 aromatic rings. The number of rotatable bonds is 5. The second-order valence-electron chi connectivity index (χ2n) is 8.02. The Hall–Kier alpha value is -4.33. The summed E-state index contributed by atoms with van der Waals surface area (Å²) < 4.78 is 11.0. The molecule has 0 saturated carbocycles. The molecule has 0 bridgehead atoms. The Balaban J connectivity index is 1.36. The van der Waals surface area contributed by atoms with Crippen LogP contribution in [0.15, 0.2) is 71.5 Å². The van der Waals surface area contributed by atoms with E-state index in [0.29, 0.717) is 54.2 Å². The lowest BCUT2D eigenvalue weighted by atomic mass is 10.0. The second-order valence-corrected chi connectivity index (χ2v) is 8.02. The number of benzene rings is 2. The molecule has 1 aliphatic rings. The van der Waals surface area contributed by atoms with Crippen LogP contribution >= 0.6 is 0 Å². The van der Waals surface area contributed by atoms with Crippen LogP contribution < -0.4 is 4.74 Å². The average molecular weight is 457 g/mol. The van der Waals surface area contributed by atoms with Gasteiger partial charge in [0.15, 0.2) is 0 Å². The monoisotopic (exact) mass is 457 g/mol. The topological polar surface area (TPSA) is 95.8 Å². The summed E-state index contributed by atoms with van der Waals surface area (Å²) in [6, 6.07) is 16.2. The van der Waals surface area contributed by atoms with Crippen LogP contribution in [-0.2, 0) is 4.79 Å². The van der Waals surface area contributed by atoms with Crippen LogP contribution in [0.25, 0.3) is 22.2 Å². The van der Waals surface area contributed by atoms with Gasteiger partial charge in [0.05, 0.1) is 29.8 Å². The minimum atomic E-state index is -0.621. The third-order valence-electron chi connectivity index (χ3n) is 6.12. The normalized spacial score (nSPS) is 13.8. The number of hydrogen-bond donors (Lipinski definition) is 1. The van der Waals surface area contributed by atoms with Gasteiger partial charge in [-0.1, -0.05) is 18.2 Å². The fraction of sp³-hybridized carbons (Fsp3) is 0.192. The van der Waals surface area contributed by atoms with Crippen molar-refractivity contribution < 1.29 is 23.5 Å². The highest BCUT2D eigenvalue weighted by molar-refractivity contribution is 6.45. The van der Waals surface area contributed by atoms with E-state index in [1.807, 2.05) is 30.3 Å². The molecule has 172 valence electrons. The number of furan rings is 1. The summed E-state index contributed by atoms with van der Waals surface area (Å²) in [5, 5.41) is 0.535. The van der Waals surface area contributed by atoms with E-state index in [2.05, 4.69) is 4.98 Å². The van der Waals surface area contributed by atoms with Gasteiger partial charge in [-0.15, -0.1) is 0 Å². The largest absolute Gasteiger partial charge is 0.496 e. The van der Waals surface area contributed by atoms with Crippen LogP contribution in [0.4, 0.5) is 0 Å². The van der Waals surface area contributed by atoms with E-state index >= 15 is 0 Å². The van der Waals surface area contributed by atoms with Crippen LogP contribution in [0.2, 0.25) is 0 Å². The molecule has 0 unspecified atom stereocenters. The molecule has 0 radical (unpaired) electrons. The molecular formula is C26H23N3O5. The average Bonchev–Trinajstić information content (AvgIpc) is 3.58. The summed E-state index contributed by atoms with van der Waals surface area (Å²) in [6.07, 6.45) is 3.11. The zero-order valence-corrected chi connectivity index (χ0v) is 18.6. The van der Waals surface area contributed by atoms with Gasteiger partial charge in [0.2, 0.25) is 0 Å². The number of piperazine rings is 1. The number of nitrogens with zero attached hydrogens (tertiary/aromatic N) is 2. The number of aromatic amines is 1. The number of nitrogens with one attached hydrogen (secondary N) is 1. The summed E-state index contributed by atoms with van der Waals surface area (Å²) in [4.78, 5) is 45.3. The van der Waals surface area contributed by atoms with Crippen LogP contribution in [0, 0.1) is 0 Å². The maximum absolute atomic E-state index is 13.3. The quantitative estimate of drug-likeness (QED) is 0.365. The number of ether oxygens (including phenoxy) is 1. The van der Waals surface area contributed by atoms with Gasteiger partial charge in [-0.3, -0.25) is 14.4 Å². The van der Waals surface area contributed by atoms with E-state index in [9.17, 15) is 14.4 Å². The van der Waals surface area contributed by atoms with E-state index in [1.54, 1.807) is 35.4 Å². The Morgan fingerprint density at radius 1 is 0.912 bits per heavy atom. The number of carbonyl (C=O) groups is 3. The van der Waals surface area contributed by atoms with Crippen molar-refractivity contribution in [1.82, 2.24) is 14.8 Å². The fourth-order valence-corrected chi connectivity index (χ4v) is 4.34. The van der Waals surface area contributed by atoms with E-state index in [-0.39, 0.29) is 11.5 Å². The number of aromatic nitrogens is 1. The molecule has 34 heavy (non-hydrogen) atoms. The van der Waals surface area contributed by atoms with Crippen molar-refractivity contribution in [1.29, 1.82) is 0 Å². The molecule has 2 aromatic heterocycles. The highest BCUT2D eigenvalue weighted by atomic mass is 16.5. The zero-order chi connectivity index (χ0) is 23.7. The minimum Gasteiger partial charge on any atom is -0.496 e. The molecule has 0 spiro atoms. The molecule has 1 saturated heterocycles. The third-order valence-corrected chi connectivity index (χ3v) is 6.12. The molecule has 2 aromatic carbocycles. The molecule has 1 N–H and O–H groups in total. The van der Waals surface area contributed by atoms with Crippen molar-refractivity contribution in [3.05, 3.63) is 78.2 Å². The van der Waals surface area contributed by atoms with Gasteiger partial charge >= 0.3 is 0 Å². The van der Waals surface area contributed by atoms with Gasteiger partial charge < -0.3 is 23.9 Å². The Morgan fingerprint density at radius 2 is 1.65 bits per heavy atom. The van der Waals surface area contributed by atoms with Crippen LogP contribution in [0.1, 0.15) is 20.7 Å². The Morgan fingerprint density at radius 3 is 2.32 bits per heavy atom. The maximum Gasteiger partial charge on any atom is 0.295 e. The molecular weight excluding hydrogens is 434 g/mol. The summed E-state index contributed by atoms with van der Waals surface area (Å²) >= 11 is 0. The predicted octanol–water partition coefficient (Wildman–Crippen LogP) is 3.60. The first kappa shape index (κ1) is 21.5. The standard InChI is InChI=1S/C26H23N3O5/c1-33-21-10-9-18(20-8-5-15-34-20)23-22(21)19(16-27-23)24(30)26(32)29-13-11-28(12-14-29)25(31)17-6-3-2-4-7-17/h2-10,15-16,27H,11-14H2,1H3. The number of amides is 2.